The number of ether oxygens (including phenoxy) is 2. The van der Waals surface area contributed by atoms with Crippen LogP contribution in [0.15, 0.2) is 36.9 Å². The van der Waals surface area contributed by atoms with Crippen LogP contribution in [0.5, 0.6) is 0 Å². The SMILES string of the molecule is CC(=O)OCC1OCN2c3ncnc(-[n+]4ccccc4)c3NC12. The van der Waals surface area contributed by atoms with Gasteiger partial charge in [-0.1, -0.05) is 6.07 Å². The van der Waals surface area contributed by atoms with Crippen molar-refractivity contribution < 1.29 is 18.8 Å². The summed E-state index contributed by atoms with van der Waals surface area (Å²) in [4.78, 5) is 21.8. The molecule has 1 N–H and O–H groups in total. The molecule has 0 aromatic carbocycles. The summed E-state index contributed by atoms with van der Waals surface area (Å²) in [6, 6.07) is 5.83. The van der Waals surface area contributed by atoms with Crippen molar-refractivity contribution in [2.45, 2.75) is 19.2 Å². The lowest BCUT2D eigenvalue weighted by Gasteiger charge is -2.18. The maximum Gasteiger partial charge on any atom is 0.356 e. The summed E-state index contributed by atoms with van der Waals surface area (Å²) in [7, 11) is 0. The van der Waals surface area contributed by atoms with E-state index in [0.29, 0.717) is 6.73 Å². The van der Waals surface area contributed by atoms with Crippen molar-refractivity contribution in [2.75, 3.05) is 23.6 Å². The number of anilines is 2. The molecule has 4 rings (SSSR count). The third-order valence-electron chi connectivity index (χ3n) is 3.90. The number of nitrogens with one attached hydrogen (secondary N) is 1. The van der Waals surface area contributed by atoms with Gasteiger partial charge in [-0.15, -0.1) is 0 Å². The minimum absolute atomic E-state index is 0.121. The molecule has 2 unspecified atom stereocenters. The van der Waals surface area contributed by atoms with Gasteiger partial charge in [0.05, 0.1) is 12.4 Å². The Hall–Kier alpha value is -2.74. The van der Waals surface area contributed by atoms with Crippen LogP contribution in [0.4, 0.5) is 11.5 Å². The molecule has 0 spiro atoms. The maximum absolute atomic E-state index is 11.0. The molecule has 2 aromatic heterocycles. The second kappa shape index (κ2) is 5.47. The smallest absolute Gasteiger partial charge is 0.356 e. The first kappa shape index (κ1) is 13.9. The number of hydrogen-bond acceptors (Lipinski definition) is 7. The summed E-state index contributed by atoms with van der Waals surface area (Å²) in [6.45, 7) is 1.99. The molecule has 2 aromatic rings. The highest BCUT2D eigenvalue weighted by Crippen LogP contribution is 2.38. The van der Waals surface area contributed by atoms with E-state index >= 15 is 0 Å². The number of carbonyl (C=O) groups is 1. The van der Waals surface area contributed by atoms with E-state index in [1.165, 1.54) is 13.3 Å². The molecule has 0 radical (unpaired) electrons. The summed E-state index contributed by atoms with van der Waals surface area (Å²) in [5.74, 6) is 1.25. The Morgan fingerprint density at radius 2 is 2.26 bits per heavy atom. The molecule has 0 aliphatic carbocycles. The van der Waals surface area contributed by atoms with E-state index in [0.717, 1.165) is 17.3 Å². The molecule has 0 saturated carbocycles. The summed E-state index contributed by atoms with van der Waals surface area (Å²) >= 11 is 0. The third-order valence-corrected chi connectivity index (χ3v) is 3.90. The van der Waals surface area contributed by atoms with Gasteiger partial charge in [-0.05, 0) is 17.1 Å². The largest absolute Gasteiger partial charge is 0.463 e. The monoisotopic (exact) mass is 314 g/mol. The number of hydrogen-bond donors (Lipinski definition) is 1. The van der Waals surface area contributed by atoms with Gasteiger partial charge in [-0.25, -0.2) is 4.57 Å². The number of nitrogens with zero attached hydrogens (tertiary/aromatic N) is 4. The van der Waals surface area contributed by atoms with Crippen molar-refractivity contribution in [1.29, 1.82) is 0 Å². The number of esters is 1. The van der Waals surface area contributed by atoms with Crippen molar-refractivity contribution in [1.82, 2.24) is 9.97 Å². The van der Waals surface area contributed by atoms with Gasteiger partial charge in [0.2, 0.25) is 6.33 Å². The van der Waals surface area contributed by atoms with Gasteiger partial charge in [0.25, 0.3) is 0 Å². The number of aromatic nitrogens is 3. The Balaban J connectivity index is 1.64. The maximum atomic E-state index is 11.0. The van der Waals surface area contributed by atoms with Crippen molar-refractivity contribution in [3.8, 4) is 5.82 Å². The molecule has 0 bridgehead atoms. The van der Waals surface area contributed by atoms with E-state index in [-0.39, 0.29) is 24.8 Å². The van der Waals surface area contributed by atoms with Crippen LogP contribution < -0.4 is 14.8 Å². The van der Waals surface area contributed by atoms with E-state index in [1.54, 1.807) is 0 Å². The van der Waals surface area contributed by atoms with Crippen molar-refractivity contribution >= 4 is 17.5 Å². The molecule has 1 fully saturated rings. The fourth-order valence-electron chi connectivity index (χ4n) is 2.85. The van der Waals surface area contributed by atoms with Gasteiger partial charge in [-0.2, -0.15) is 4.98 Å². The first-order valence-electron chi connectivity index (χ1n) is 7.34. The van der Waals surface area contributed by atoms with Gasteiger partial charge in [0.15, 0.2) is 11.5 Å². The first-order chi connectivity index (χ1) is 11.2. The fourth-order valence-corrected chi connectivity index (χ4v) is 2.85. The summed E-state index contributed by atoms with van der Waals surface area (Å²) < 4.78 is 12.7. The lowest BCUT2D eigenvalue weighted by molar-refractivity contribution is -0.598. The minimum atomic E-state index is -0.317. The Labute approximate surface area is 132 Å². The highest BCUT2D eigenvalue weighted by Gasteiger charge is 2.45. The van der Waals surface area contributed by atoms with E-state index in [2.05, 4.69) is 15.3 Å². The molecule has 8 heteroatoms. The van der Waals surface area contributed by atoms with E-state index in [9.17, 15) is 4.79 Å². The molecule has 0 amide bonds. The Kier molecular flexibility index (Phi) is 3.30. The van der Waals surface area contributed by atoms with E-state index in [1.807, 2.05) is 40.1 Å². The van der Waals surface area contributed by atoms with Crippen LogP contribution in [0, 0.1) is 0 Å². The number of carbonyl (C=O) groups excluding carboxylic acids is 1. The van der Waals surface area contributed by atoms with Crippen LogP contribution in [0.1, 0.15) is 6.92 Å². The van der Waals surface area contributed by atoms with Gasteiger partial charge in [0.1, 0.15) is 25.6 Å². The molecular formula is C15H16N5O3+. The van der Waals surface area contributed by atoms with Gasteiger partial charge < -0.3 is 19.7 Å². The van der Waals surface area contributed by atoms with Gasteiger partial charge in [-0.3, -0.25) is 4.79 Å². The average Bonchev–Trinajstić information content (AvgIpc) is 3.12. The quantitative estimate of drug-likeness (QED) is 0.641. The molecule has 4 heterocycles. The Morgan fingerprint density at radius 3 is 3.04 bits per heavy atom. The lowest BCUT2D eigenvalue weighted by atomic mass is 10.3. The molecule has 8 nitrogen and oxygen atoms in total. The van der Waals surface area contributed by atoms with Crippen LogP contribution in [-0.2, 0) is 14.3 Å². The van der Waals surface area contributed by atoms with Gasteiger partial charge >= 0.3 is 11.8 Å². The number of fused-ring (bicyclic) bond motifs is 3. The average molecular weight is 314 g/mol. The molecule has 23 heavy (non-hydrogen) atoms. The van der Waals surface area contributed by atoms with Crippen LogP contribution in [-0.4, -0.2) is 41.5 Å². The molecule has 2 aliphatic heterocycles. The number of pyridine rings is 1. The van der Waals surface area contributed by atoms with Crippen LogP contribution in [0.2, 0.25) is 0 Å². The lowest BCUT2D eigenvalue weighted by Crippen LogP contribution is -2.40. The topological polar surface area (TPSA) is 80.5 Å². The zero-order chi connectivity index (χ0) is 15.8. The molecule has 2 atom stereocenters. The fraction of sp³-hybridized carbons (Fsp3) is 0.333. The van der Waals surface area contributed by atoms with Crippen molar-refractivity contribution in [3.63, 3.8) is 0 Å². The second-order valence-electron chi connectivity index (χ2n) is 5.37. The van der Waals surface area contributed by atoms with Crippen LogP contribution >= 0.6 is 0 Å². The molecule has 118 valence electrons. The van der Waals surface area contributed by atoms with Crippen molar-refractivity contribution in [2.24, 2.45) is 0 Å². The number of rotatable bonds is 3. The zero-order valence-electron chi connectivity index (χ0n) is 12.5. The van der Waals surface area contributed by atoms with Crippen LogP contribution in [0.3, 0.4) is 0 Å². The Morgan fingerprint density at radius 1 is 1.43 bits per heavy atom. The summed E-state index contributed by atoms with van der Waals surface area (Å²) in [5.41, 5.74) is 0.852. The third kappa shape index (κ3) is 2.36. The molecule has 1 saturated heterocycles. The normalized spacial score (nSPS) is 21.5. The summed E-state index contributed by atoms with van der Waals surface area (Å²) in [5, 5.41) is 3.40. The van der Waals surface area contributed by atoms with E-state index < -0.39 is 0 Å². The molecule has 2 aliphatic rings. The van der Waals surface area contributed by atoms with E-state index in [4.69, 9.17) is 9.47 Å². The second-order valence-corrected chi connectivity index (χ2v) is 5.37. The van der Waals surface area contributed by atoms with Crippen molar-refractivity contribution in [3.05, 3.63) is 36.9 Å². The van der Waals surface area contributed by atoms with Gasteiger partial charge in [0, 0.05) is 6.92 Å². The van der Waals surface area contributed by atoms with Crippen LogP contribution in [0.25, 0.3) is 5.82 Å². The Bertz CT molecular complexity index is 739. The standard InChI is InChI=1S/C15H16N5O3/c1-10(21)22-7-11-13-18-12-14(19-5-3-2-4-6-19)16-8-17-15(12)20(13)9-23-11/h2-6,8,11,13,18H,7,9H2,1H3/q+1. The highest BCUT2D eigenvalue weighted by molar-refractivity contribution is 5.77. The minimum Gasteiger partial charge on any atom is -0.463 e. The zero-order valence-corrected chi connectivity index (χ0v) is 12.5. The molecular weight excluding hydrogens is 298 g/mol. The first-order valence-corrected chi connectivity index (χ1v) is 7.34. The highest BCUT2D eigenvalue weighted by atomic mass is 16.6. The predicted octanol–water partition coefficient (Wildman–Crippen LogP) is 0.231. The predicted molar refractivity (Wildman–Crippen MR) is 79.8 cm³/mol. The summed E-state index contributed by atoms with van der Waals surface area (Å²) in [6.07, 6.45) is 5.03.